The van der Waals surface area contributed by atoms with E-state index in [4.69, 9.17) is 11.6 Å². The number of benzene rings is 1. The van der Waals surface area contributed by atoms with Crippen LogP contribution in [0.5, 0.6) is 0 Å². The van der Waals surface area contributed by atoms with Gasteiger partial charge in [0.05, 0.1) is 24.2 Å². The summed E-state index contributed by atoms with van der Waals surface area (Å²) in [5, 5.41) is 3.63. The Morgan fingerprint density at radius 3 is 2.84 bits per heavy atom. The molecule has 4 nitrogen and oxygen atoms in total. The molecule has 100 valence electrons. The maximum atomic E-state index is 11.5. The normalized spacial score (nSPS) is 10.3. The van der Waals surface area contributed by atoms with Gasteiger partial charge in [-0.2, -0.15) is 0 Å². The maximum absolute atomic E-state index is 11.5. The highest BCUT2D eigenvalue weighted by Crippen LogP contribution is 2.21. The molecule has 1 aromatic heterocycles. The van der Waals surface area contributed by atoms with E-state index < -0.39 is 5.97 Å². The van der Waals surface area contributed by atoms with Gasteiger partial charge in [0.1, 0.15) is 0 Å². The second-order valence-corrected chi connectivity index (χ2v) is 4.56. The average molecular weight is 279 g/mol. The Balaban J connectivity index is 2.13. The Bertz CT molecular complexity index is 593. The van der Waals surface area contributed by atoms with Crippen LogP contribution < -0.4 is 5.32 Å². The Morgan fingerprint density at radius 2 is 2.21 bits per heavy atom. The fourth-order valence-electron chi connectivity index (χ4n) is 1.77. The molecule has 2 aromatic rings. The van der Waals surface area contributed by atoms with Gasteiger partial charge in [-0.1, -0.05) is 11.6 Å². The number of ether oxygens (including phenoxy) is 1. The molecule has 0 saturated carbocycles. The molecule has 0 bridgehead atoms. The molecule has 0 radical (unpaired) electrons. The van der Waals surface area contributed by atoms with Gasteiger partial charge in [-0.15, -0.1) is 0 Å². The van der Waals surface area contributed by atoms with Gasteiger partial charge in [0.15, 0.2) is 0 Å². The van der Waals surface area contributed by atoms with Gasteiger partial charge in [-0.25, -0.2) is 4.79 Å². The lowest BCUT2D eigenvalue weighted by atomic mass is 10.2. The number of methoxy groups -OCH3 is 1. The number of carbonyl (C=O) groups is 1. The number of aryl methyl sites for hydroxylation is 1. The number of rotatable bonds is 4. The van der Waals surface area contributed by atoms with Crippen molar-refractivity contribution in [2.45, 2.75) is 6.54 Å². The number of halogens is 1. The van der Waals surface area contributed by atoms with Crippen LogP contribution in [0, 0.1) is 0 Å². The smallest absolute Gasteiger partial charge is 0.339 e. The van der Waals surface area contributed by atoms with Crippen LogP contribution in [-0.2, 0) is 18.3 Å². The van der Waals surface area contributed by atoms with E-state index in [1.165, 1.54) is 7.11 Å². The first-order valence-electron chi connectivity index (χ1n) is 5.83. The van der Waals surface area contributed by atoms with E-state index >= 15 is 0 Å². The van der Waals surface area contributed by atoms with E-state index in [0.717, 1.165) is 11.4 Å². The number of nitrogens with zero attached hydrogens (tertiary/aromatic N) is 1. The number of anilines is 1. The molecule has 1 N–H and O–H groups in total. The van der Waals surface area contributed by atoms with Crippen LogP contribution in [0.15, 0.2) is 36.5 Å². The Kier molecular flexibility index (Phi) is 4.12. The van der Waals surface area contributed by atoms with Gasteiger partial charge in [-0.05, 0) is 30.3 Å². The second kappa shape index (κ2) is 5.80. The van der Waals surface area contributed by atoms with Crippen molar-refractivity contribution < 1.29 is 9.53 Å². The molecule has 2 rings (SSSR count). The number of nitrogens with one attached hydrogen (secondary N) is 1. The molecule has 1 heterocycles. The van der Waals surface area contributed by atoms with Gasteiger partial charge in [-0.3, -0.25) is 0 Å². The molecular formula is C14H15ClN2O2. The van der Waals surface area contributed by atoms with Crippen molar-refractivity contribution in [3.8, 4) is 0 Å². The number of carbonyl (C=O) groups excluding carboxylic acids is 1. The van der Waals surface area contributed by atoms with E-state index in [9.17, 15) is 4.79 Å². The zero-order chi connectivity index (χ0) is 13.8. The minimum absolute atomic E-state index is 0.362. The van der Waals surface area contributed by atoms with Gasteiger partial charge >= 0.3 is 5.97 Å². The van der Waals surface area contributed by atoms with E-state index in [1.54, 1.807) is 12.1 Å². The fourth-order valence-corrected chi connectivity index (χ4v) is 1.97. The van der Waals surface area contributed by atoms with E-state index in [2.05, 4.69) is 10.1 Å². The third-order valence-electron chi connectivity index (χ3n) is 2.90. The van der Waals surface area contributed by atoms with E-state index in [0.29, 0.717) is 17.1 Å². The van der Waals surface area contributed by atoms with Crippen LogP contribution in [0.1, 0.15) is 16.1 Å². The quantitative estimate of drug-likeness (QED) is 0.874. The van der Waals surface area contributed by atoms with Gasteiger partial charge in [0.25, 0.3) is 0 Å². The Labute approximate surface area is 116 Å². The largest absolute Gasteiger partial charge is 0.465 e. The van der Waals surface area contributed by atoms with Crippen molar-refractivity contribution in [2.75, 3.05) is 12.4 Å². The summed E-state index contributed by atoms with van der Waals surface area (Å²) in [6.07, 6.45) is 1.98. The van der Waals surface area contributed by atoms with Gasteiger partial charge < -0.3 is 14.6 Å². The molecule has 0 aliphatic carbocycles. The summed E-state index contributed by atoms with van der Waals surface area (Å²) in [5.41, 5.74) is 2.33. The minimum atomic E-state index is -0.437. The predicted molar refractivity (Wildman–Crippen MR) is 75.5 cm³/mol. The fraction of sp³-hybridized carbons (Fsp3) is 0.214. The van der Waals surface area contributed by atoms with Crippen LogP contribution in [0.4, 0.5) is 5.69 Å². The molecule has 0 aliphatic rings. The number of hydrogen-bond acceptors (Lipinski definition) is 3. The number of aromatic nitrogens is 1. The summed E-state index contributed by atoms with van der Waals surface area (Å²) in [4.78, 5) is 11.5. The van der Waals surface area contributed by atoms with Crippen molar-refractivity contribution in [1.82, 2.24) is 4.57 Å². The van der Waals surface area contributed by atoms with Crippen LogP contribution >= 0.6 is 11.6 Å². The van der Waals surface area contributed by atoms with Gasteiger partial charge in [0, 0.05) is 24.6 Å². The van der Waals surface area contributed by atoms with Crippen molar-refractivity contribution in [2.24, 2.45) is 7.05 Å². The molecule has 0 atom stereocenters. The molecule has 0 unspecified atom stereocenters. The first kappa shape index (κ1) is 13.5. The Hall–Kier alpha value is -1.94. The summed E-state index contributed by atoms with van der Waals surface area (Å²) in [6.45, 7) is 0.672. The van der Waals surface area contributed by atoms with Crippen molar-refractivity contribution in [1.29, 1.82) is 0 Å². The first-order valence-corrected chi connectivity index (χ1v) is 6.21. The number of esters is 1. The SMILES string of the molecule is COC(=O)c1cc(NCc2cccn2C)ccc1Cl. The highest BCUT2D eigenvalue weighted by Gasteiger charge is 2.11. The van der Waals surface area contributed by atoms with Crippen LogP contribution in [-0.4, -0.2) is 17.6 Å². The lowest BCUT2D eigenvalue weighted by Gasteiger charge is -2.09. The van der Waals surface area contributed by atoms with Crippen LogP contribution in [0.3, 0.4) is 0 Å². The zero-order valence-corrected chi connectivity index (χ0v) is 11.6. The molecule has 0 fully saturated rings. The molecule has 0 amide bonds. The van der Waals surface area contributed by atoms with E-state index in [1.807, 2.05) is 36.0 Å². The minimum Gasteiger partial charge on any atom is -0.465 e. The van der Waals surface area contributed by atoms with Crippen molar-refractivity contribution in [3.05, 3.63) is 52.8 Å². The van der Waals surface area contributed by atoms with Crippen molar-refractivity contribution >= 4 is 23.3 Å². The average Bonchev–Trinajstić information content (AvgIpc) is 2.82. The monoisotopic (exact) mass is 278 g/mol. The highest BCUT2D eigenvalue weighted by atomic mass is 35.5. The molecule has 0 spiro atoms. The third kappa shape index (κ3) is 3.09. The van der Waals surface area contributed by atoms with Crippen LogP contribution in [0.2, 0.25) is 5.02 Å². The third-order valence-corrected chi connectivity index (χ3v) is 3.23. The van der Waals surface area contributed by atoms with Gasteiger partial charge in [0.2, 0.25) is 0 Å². The molecule has 19 heavy (non-hydrogen) atoms. The molecule has 1 aromatic carbocycles. The lowest BCUT2D eigenvalue weighted by molar-refractivity contribution is 0.0601. The maximum Gasteiger partial charge on any atom is 0.339 e. The number of hydrogen-bond donors (Lipinski definition) is 1. The topological polar surface area (TPSA) is 43.3 Å². The molecule has 0 aliphatic heterocycles. The summed E-state index contributed by atoms with van der Waals surface area (Å²) in [5.74, 6) is -0.437. The van der Waals surface area contributed by atoms with E-state index in [-0.39, 0.29) is 0 Å². The molecular weight excluding hydrogens is 264 g/mol. The summed E-state index contributed by atoms with van der Waals surface area (Å²) in [6, 6.07) is 9.22. The summed E-state index contributed by atoms with van der Waals surface area (Å²) in [7, 11) is 3.32. The standard InChI is InChI=1S/C14H15ClN2O2/c1-17-7-3-4-11(17)9-16-10-5-6-13(15)12(8-10)14(18)19-2/h3-8,16H,9H2,1-2H3. The summed E-state index contributed by atoms with van der Waals surface area (Å²) >= 11 is 5.96. The summed E-state index contributed by atoms with van der Waals surface area (Å²) < 4.78 is 6.72. The van der Waals surface area contributed by atoms with Crippen LogP contribution in [0.25, 0.3) is 0 Å². The zero-order valence-electron chi connectivity index (χ0n) is 10.8. The highest BCUT2D eigenvalue weighted by molar-refractivity contribution is 6.33. The lowest BCUT2D eigenvalue weighted by Crippen LogP contribution is -2.06. The van der Waals surface area contributed by atoms with Crippen molar-refractivity contribution in [3.63, 3.8) is 0 Å². The Morgan fingerprint density at radius 1 is 1.42 bits per heavy atom. The first-order chi connectivity index (χ1) is 9.11. The molecule has 0 saturated heterocycles. The molecule has 5 heteroatoms. The second-order valence-electron chi connectivity index (χ2n) is 4.15. The predicted octanol–water partition coefficient (Wildman–Crippen LogP) is 3.08.